The van der Waals surface area contributed by atoms with Crippen molar-refractivity contribution >= 4 is 16.8 Å². The highest BCUT2D eigenvalue weighted by molar-refractivity contribution is 5.97. The van der Waals surface area contributed by atoms with E-state index in [0.717, 1.165) is 33.7 Å². The molecule has 5 rings (SSSR count). The van der Waals surface area contributed by atoms with Crippen LogP contribution in [0.2, 0.25) is 0 Å². The number of rotatable bonds is 8. The Morgan fingerprint density at radius 2 is 1.14 bits per heavy atom. The van der Waals surface area contributed by atoms with Crippen molar-refractivity contribution in [2.45, 2.75) is 12.0 Å². The molecule has 0 saturated heterocycles. The van der Waals surface area contributed by atoms with E-state index < -0.39 is 5.54 Å². The van der Waals surface area contributed by atoms with Gasteiger partial charge >= 0.3 is 0 Å². The van der Waals surface area contributed by atoms with Gasteiger partial charge in [0.15, 0.2) is 5.78 Å². The fraction of sp³-hybridized carbons (Fsp3) is 0.138. The Kier molecular flexibility index (Phi) is 6.02. The molecule has 0 N–H and O–H groups in total. The highest BCUT2D eigenvalue weighted by atomic mass is 16.5. The van der Waals surface area contributed by atoms with Crippen molar-refractivity contribution in [1.29, 1.82) is 0 Å². The van der Waals surface area contributed by atoms with Crippen LogP contribution in [-0.2, 0) is 5.54 Å². The minimum absolute atomic E-state index is 0.0152. The molecule has 0 aliphatic carbocycles. The van der Waals surface area contributed by atoms with Crippen LogP contribution in [0.3, 0.4) is 0 Å². The topological polar surface area (TPSA) is 66.2 Å². The van der Waals surface area contributed by atoms with Crippen LogP contribution in [0, 0.1) is 0 Å². The van der Waals surface area contributed by atoms with Gasteiger partial charge in [-0.25, -0.2) is 0 Å². The zero-order valence-electron chi connectivity index (χ0n) is 19.6. The minimum Gasteiger partial charge on any atom is -0.497 e. The molecule has 0 aliphatic heterocycles. The highest BCUT2D eigenvalue weighted by Crippen LogP contribution is 2.39. The van der Waals surface area contributed by atoms with Crippen molar-refractivity contribution in [3.05, 3.63) is 120 Å². The van der Waals surface area contributed by atoms with E-state index in [1.807, 2.05) is 103 Å². The van der Waals surface area contributed by atoms with Gasteiger partial charge in [-0.1, -0.05) is 66.7 Å². The van der Waals surface area contributed by atoms with E-state index in [-0.39, 0.29) is 12.2 Å². The first-order valence-corrected chi connectivity index (χ1v) is 11.3. The van der Waals surface area contributed by atoms with E-state index >= 15 is 0 Å². The monoisotopic (exact) mass is 463 g/mol. The highest BCUT2D eigenvalue weighted by Gasteiger charge is 2.41. The lowest BCUT2D eigenvalue weighted by Gasteiger charge is -2.34. The predicted molar refractivity (Wildman–Crippen MR) is 135 cm³/mol. The normalized spacial score (nSPS) is 11.4. The first-order chi connectivity index (χ1) is 17.1. The number of Topliss-reactive ketones (excluding diaryl/α,β-unsaturated/α-hetero) is 1. The van der Waals surface area contributed by atoms with Crippen LogP contribution >= 0.6 is 0 Å². The Bertz CT molecular complexity index is 1360. The number of ketones is 1. The fourth-order valence-electron chi connectivity index (χ4n) is 4.39. The molecule has 1 aromatic heterocycles. The average molecular weight is 464 g/mol. The summed E-state index contributed by atoms with van der Waals surface area (Å²) in [5, 5.41) is 9.72. The molecule has 0 atom stereocenters. The molecule has 0 unspecified atom stereocenters. The number of nitrogens with zero attached hydrogens (tertiary/aromatic N) is 3. The van der Waals surface area contributed by atoms with Crippen molar-refractivity contribution in [3.63, 3.8) is 0 Å². The summed E-state index contributed by atoms with van der Waals surface area (Å²) >= 11 is 0. The van der Waals surface area contributed by atoms with Gasteiger partial charge in [-0.15, -0.1) is 0 Å². The first kappa shape index (κ1) is 22.3. The van der Waals surface area contributed by atoms with Gasteiger partial charge in [0.25, 0.3) is 0 Å². The molecule has 0 fully saturated rings. The molecule has 0 amide bonds. The Hall–Kier alpha value is -4.45. The average Bonchev–Trinajstić information content (AvgIpc) is 3.37. The number of aromatic nitrogens is 3. The third-order valence-electron chi connectivity index (χ3n) is 6.28. The lowest BCUT2D eigenvalue weighted by atomic mass is 9.78. The molecule has 0 spiro atoms. The summed E-state index contributed by atoms with van der Waals surface area (Å²) in [5.74, 6) is 1.44. The summed E-state index contributed by atoms with van der Waals surface area (Å²) < 4.78 is 10.8. The number of hydrogen-bond donors (Lipinski definition) is 0. The summed E-state index contributed by atoms with van der Waals surface area (Å²) in [5.41, 5.74) is 2.87. The fourth-order valence-corrected chi connectivity index (χ4v) is 4.39. The number of methoxy groups -OCH3 is 2. The van der Waals surface area contributed by atoms with Gasteiger partial charge in [0.05, 0.1) is 14.2 Å². The van der Waals surface area contributed by atoms with E-state index in [1.165, 1.54) is 0 Å². The predicted octanol–water partition coefficient (Wildman–Crippen LogP) is 5.51. The second-order valence-corrected chi connectivity index (χ2v) is 8.26. The van der Waals surface area contributed by atoms with E-state index in [4.69, 9.17) is 19.7 Å². The maximum absolute atomic E-state index is 13.7. The van der Waals surface area contributed by atoms with E-state index in [9.17, 15) is 4.79 Å². The van der Waals surface area contributed by atoms with Gasteiger partial charge in [-0.05, 0) is 47.5 Å². The van der Waals surface area contributed by atoms with Gasteiger partial charge < -0.3 is 9.47 Å². The van der Waals surface area contributed by atoms with Crippen LogP contribution in [0.15, 0.2) is 103 Å². The Morgan fingerprint density at radius 1 is 0.686 bits per heavy atom. The zero-order valence-corrected chi connectivity index (χ0v) is 19.6. The van der Waals surface area contributed by atoms with Crippen molar-refractivity contribution in [2.75, 3.05) is 14.2 Å². The number of fused-ring (bicyclic) bond motifs is 1. The first-order valence-electron chi connectivity index (χ1n) is 11.3. The standard InChI is InChI=1S/C29H25N3O3/c1-34-24-16-12-22(13-17-24)29(23-14-18-25(35-2)19-15-23,20-28(33)21-8-4-3-5-9-21)32-30-26-10-6-7-11-27(26)31-32/h3-19H,20H2,1-2H3. The largest absolute Gasteiger partial charge is 0.497 e. The van der Waals surface area contributed by atoms with Gasteiger partial charge in [0.1, 0.15) is 28.1 Å². The third-order valence-corrected chi connectivity index (χ3v) is 6.28. The van der Waals surface area contributed by atoms with Crippen molar-refractivity contribution < 1.29 is 14.3 Å². The zero-order chi connectivity index (χ0) is 24.3. The number of ether oxygens (including phenoxy) is 2. The second kappa shape index (κ2) is 9.43. The van der Waals surface area contributed by atoms with Crippen molar-refractivity contribution in [1.82, 2.24) is 15.0 Å². The number of carbonyl (C=O) groups is 1. The van der Waals surface area contributed by atoms with Gasteiger partial charge in [-0.3, -0.25) is 4.79 Å². The second-order valence-electron chi connectivity index (χ2n) is 8.26. The smallest absolute Gasteiger partial charge is 0.166 e. The molecule has 0 bridgehead atoms. The SMILES string of the molecule is COc1ccc(C(CC(=O)c2ccccc2)(c2ccc(OC)cc2)n2nc3ccccc3n2)cc1. The lowest BCUT2D eigenvalue weighted by Crippen LogP contribution is -2.40. The molecule has 4 aromatic carbocycles. The van der Waals surface area contributed by atoms with Crippen LogP contribution in [0.5, 0.6) is 11.5 Å². The quantitative estimate of drug-likeness (QED) is 0.284. The van der Waals surface area contributed by atoms with Crippen LogP contribution < -0.4 is 9.47 Å². The molecule has 1 heterocycles. The summed E-state index contributed by atoms with van der Waals surface area (Å²) in [7, 11) is 3.26. The van der Waals surface area contributed by atoms with E-state index in [2.05, 4.69) is 0 Å². The Labute approximate surface area is 203 Å². The van der Waals surface area contributed by atoms with Crippen LogP contribution in [-0.4, -0.2) is 35.0 Å². The summed E-state index contributed by atoms with van der Waals surface area (Å²) in [6.07, 6.45) is 0.122. The summed E-state index contributed by atoms with van der Waals surface area (Å²) in [6.45, 7) is 0. The van der Waals surface area contributed by atoms with Crippen LogP contribution in [0.1, 0.15) is 27.9 Å². The van der Waals surface area contributed by atoms with Crippen LogP contribution in [0.25, 0.3) is 11.0 Å². The van der Waals surface area contributed by atoms with Crippen LogP contribution in [0.4, 0.5) is 0 Å². The van der Waals surface area contributed by atoms with E-state index in [0.29, 0.717) is 5.56 Å². The van der Waals surface area contributed by atoms with Crippen molar-refractivity contribution in [3.8, 4) is 11.5 Å². The maximum Gasteiger partial charge on any atom is 0.166 e. The lowest BCUT2D eigenvalue weighted by molar-refractivity contribution is 0.0940. The van der Waals surface area contributed by atoms with Gasteiger partial charge in [-0.2, -0.15) is 15.0 Å². The van der Waals surface area contributed by atoms with Gasteiger partial charge in [0.2, 0.25) is 0 Å². The summed E-state index contributed by atoms with van der Waals surface area (Å²) in [4.78, 5) is 15.4. The molecule has 0 aliphatic rings. The molecule has 6 heteroatoms. The molecular formula is C29H25N3O3. The van der Waals surface area contributed by atoms with Crippen molar-refractivity contribution in [2.24, 2.45) is 0 Å². The molecule has 35 heavy (non-hydrogen) atoms. The molecule has 174 valence electrons. The number of carbonyl (C=O) groups excluding carboxylic acids is 1. The maximum atomic E-state index is 13.7. The number of hydrogen-bond acceptors (Lipinski definition) is 5. The Morgan fingerprint density at radius 3 is 1.60 bits per heavy atom. The molecule has 0 radical (unpaired) electrons. The number of benzene rings is 4. The molecule has 6 nitrogen and oxygen atoms in total. The summed E-state index contributed by atoms with van der Waals surface area (Å²) in [6, 6.07) is 32.5. The minimum atomic E-state index is -1.01. The molecule has 0 saturated carbocycles. The molecular weight excluding hydrogens is 438 g/mol. The Balaban J connectivity index is 1.78. The molecule has 5 aromatic rings. The van der Waals surface area contributed by atoms with Gasteiger partial charge in [0, 0.05) is 12.0 Å². The third kappa shape index (κ3) is 4.15. The van der Waals surface area contributed by atoms with E-state index in [1.54, 1.807) is 19.0 Å².